The minimum Gasteiger partial charge on any atom is -0.349 e. The van der Waals surface area contributed by atoms with Crippen molar-refractivity contribution in [3.8, 4) is 0 Å². The maximum atomic E-state index is 4.32. The van der Waals surface area contributed by atoms with Gasteiger partial charge in [-0.1, -0.05) is 0 Å². The molecule has 0 saturated carbocycles. The van der Waals surface area contributed by atoms with E-state index in [2.05, 4.69) is 20.2 Å². The van der Waals surface area contributed by atoms with Crippen LogP contribution in [0.15, 0.2) is 18.6 Å². The zero-order valence-electron chi connectivity index (χ0n) is 7.35. The van der Waals surface area contributed by atoms with E-state index in [1.807, 2.05) is 6.20 Å². The number of nitrogens with zero attached hydrogens (tertiary/aromatic N) is 3. The second-order valence-corrected chi connectivity index (χ2v) is 3.71. The maximum Gasteiger partial charge on any atom is 0.147 e. The zero-order valence-corrected chi connectivity index (χ0v) is 7.35. The molecule has 2 atom stereocenters. The Bertz CT molecular complexity index is 300. The van der Waals surface area contributed by atoms with Gasteiger partial charge in [-0.2, -0.15) is 0 Å². The van der Waals surface area contributed by atoms with Gasteiger partial charge >= 0.3 is 0 Å². The van der Waals surface area contributed by atoms with Crippen LogP contribution < -0.4 is 10.2 Å². The smallest absolute Gasteiger partial charge is 0.147 e. The van der Waals surface area contributed by atoms with Crippen LogP contribution in [0.3, 0.4) is 0 Å². The lowest BCUT2D eigenvalue weighted by Crippen LogP contribution is -2.44. The first-order valence-corrected chi connectivity index (χ1v) is 4.69. The van der Waals surface area contributed by atoms with Crippen LogP contribution in [0, 0.1) is 0 Å². The number of hydrogen-bond donors (Lipinski definition) is 1. The van der Waals surface area contributed by atoms with E-state index in [1.165, 1.54) is 6.42 Å². The molecule has 3 rings (SSSR count). The standard InChI is InChI=1S/C9H12N4/c1-2-11-9(5-10-1)13-6-7-3-8(13)4-12-7/h1-2,5,7-8,12H,3-4,6H2/t7-,8-/m0/s1. The summed E-state index contributed by atoms with van der Waals surface area (Å²) in [5.74, 6) is 1.02. The summed E-state index contributed by atoms with van der Waals surface area (Å²) in [7, 11) is 0. The zero-order chi connectivity index (χ0) is 8.67. The highest BCUT2D eigenvalue weighted by molar-refractivity contribution is 5.40. The third kappa shape index (κ3) is 1.09. The summed E-state index contributed by atoms with van der Waals surface area (Å²) < 4.78 is 0. The van der Waals surface area contributed by atoms with Gasteiger partial charge in [-0.25, -0.2) is 4.98 Å². The molecule has 2 bridgehead atoms. The molecule has 0 unspecified atom stereocenters. The van der Waals surface area contributed by atoms with Crippen LogP contribution in [0.1, 0.15) is 6.42 Å². The fraction of sp³-hybridized carbons (Fsp3) is 0.556. The fourth-order valence-electron chi connectivity index (χ4n) is 2.28. The maximum absolute atomic E-state index is 4.32. The largest absolute Gasteiger partial charge is 0.349 e. The highest BCUT2D eigenvalue weighted by Crippen LogP contribution is 2.26. The molecule has 1 aromatic rings. The summed E-state index contributed by atoms with van der Waals surface area (Å²) in [6.45, 7) is 2.19. The fourth-order valence-corrected chi connectivity index (χ4v) is 2.28. The average Bonchev–Trinajstić information content (AvgIpc) is 2.80. The van der Waals surface area contributed by atoms with Gasteiger partial charge in [-0.3, -0.25) is 4.98 Å². The van der Waals surface area contributed by atoms with E-state index in [0.29, 0.717) is 12.1 Å². The van der Waals surface area contributed by atoms with Gasteiger partial charge in [-0.05, 0) is 6.42 Å². The van der Waals surface area contributed by atoms with Crippen LogP contribution in [-0.2, 0) is 0 Å². The van der Waals surface area contributed by atoms with Crippen LogP contribution >= 0.6 is 0 Å². The lowest BCUT2D eigenvalue weighted by Gasteiger charge is -2.27. The molecule has 2 aliphatic rings. The van der Waals surface area contributed by atoms with E-state index in [9.17, 15) is 0 Å². The van der Waals surface area contributed by atoms with Gasteiger partial charge in [0.25, 0.3) is 0 Å². The summed E-state index contributed by atoms with van der Waals surface area (Å²) in [5.41, 5.74) is 0. The Morgan fingerprint density at radius 1 is 1.46 bits per heavy atom. The van der Waals surface area contributed by atoms with E-state index in [0.717, 1.165) is 18.9 Å². The van der Waals surface area contributed by atoms with Gasteiger partial charge in [-0.15, -0.1) is 0 Å². The first-order valence-electron chi connectivity index (χ1n) is 4.69. The Kier molecular flexibility index (Phi) is 1.49. The first-order chi connectivity index (χ1) is 6.43. The number of nitrogens with one attached hydrogen (secondary N) is 1. The molecule has 0 spiro atoms. The Labute approximate surface area is 77.0 Å². The monoisotopic (exact) mass is 176 g/mol. The lowest BCUT2D eigenvalue weighted by molar-refractivity contribution is 0.576. The van der Waals surface area contributed by atoms with E-state index >= 15 is 0 Å². The van der Waals surface area contributed by atoms with Crippen molar-refractivity contribution < 1.29 is 0 Å². The van der Waals surface area contributed by atoms with Gasteiger partial charge in [0.1, 0.15) is 5.82 Å². The van der Waals surface area contributed by atoms with Crippen molar-refractivity contribution in [2.24, 2.45) is 0 Å². The molecule has 3 heterocycles. The Morgan fingerprint density at radius 3 is 3.08 bits per heavy atom. The molecule has 68 valence electrons. The minimum absolute atomic E-state index is 0.640. The topological polar surface area (TPSA) is 41.1 Å². The number of aromatic nitrogens is 2. The molecular weight excluding hydrogens is 164 g/mol. The van der Waals surface area contributed by atoms with E-state index in [4.69, 9.17) is 0 Å². The molecule has 1 aromatic heterocycles. The number of piperazine rings is 1. The number of anilines is 1. The van der Waals surface area contributed by atoms with E-state index in [-0.39, 0.29) is 0 Å². The third-order valence-electron chi connectivity index (χ3n) is 2.90. The Balaban J connectivity index is 1.87. The molecule has 0 aliphatic carbocycles. The summed E-state index contributed by atoms with van der Waals surface area (Å²) in [5, 5.41) is 3.47. The summed E-state index contributed by atoms with van der Waals surface area (Å²) in [6, 6.07) is 1.31. The van der Waals surface area contributed by atoms with Crippen LogP contribution in [0.4, 0.5) is 5.82 Å². The lowest BCUT2D eigenvalue weighted by atomic mass is 10.2. The molecule has 0 aromatic carbocycles. The molecule has 4 nitrogen and oxygen atoms in total. The Hall–Kier alpha value is -1.16. The van der Waals surface area contributed by atoms with Crippen molar-refractivity contribution in [3.63, 3.8) is 0 Å². The predicted molar refractivity (Wildman–Crippen MR) is 49.6 cm³/mol. The molecule has 1 N–H and O–H groups in total. The van der Waals surface area contributed by atoms with Crippen molar-refractivity contribution in [1.82, 2.24) is 15.3 Å². The molecule has 2 aliphatic heterocycles. The van der Waals surface area contributed by atoms with Crippen molar-refractivity contribution in [1.29, 1.82) is 0 Å². The molecule has 0 radical (unpaired) electrons. The minimum atomic E-state index is 0.640. The quantitative estimate of drug-likeness (QED) is 0.655. The van der Waals surface area contributed by atoms with Crippen LogP contribution in [-0.4, -0.2) is 35.1 Å². The number of rotatable bonds is 1. The van der Waals surface area contributed by atoms with Gasteiger partial charge in [0.05, 0.1) is 6.20 Å². The highest BCUT2D eigenvalue weighted by Gasteiger charge is 2.38. The second-order valence-electron chi connectivity index (χ2n) is 3.71. The first kappa shape index (κ1) is 7.26. The molecule has 0 amide bonds. The molecular formula is C9H12N4. The van der Waals surface area contributed by atoms with Gasteiger partial charge < -0.3 is 10.2 Å². The molecule has 2 fully saturated rings. The van der Waals surface area contributed by atoms with E-state index in [1.54, 1.807) is 12.4 Å². The van der Waals surface area contributed by atoms with Crippen molar-refractivity contribution >= 4 is 5.82 Å². The van der Waals surface area contributed by atoms with Crippen LogP contribution in [0.5, 0.6) is 0 Å². The average molecular weight is 176 g/mol. The van der Waals surface area contributed by atoms with Crippen LogP contribution in [0.2, 0.25) is 0 Å². The van der Waals surface area contributed by atoms with Gasteiger partial charge in [0.15, 0.2) is 0 Å². The normalized spacial score (nSPS) is 31.2. The molecule has 2 saturated heterocycles. The third-order valence-corrected chi connectivity index (χ3v) is 2.90. The SMILES string of the molecule is c1cnc(N2C[C@@H]3C[C@H]2CN3)cn1. The van der Waals surface area contributed by atoms with E-state index < -0.39 is 0 Å². The number of fused-ring (bicyclic) bond motifs is 2. The Morgan fingerprint density at radius 2 is 2.46 bits per heavy atom. The molecule has 13 heavy (non-hydrogen) atoms. The van der Waals surface area contributed by atoms with Gasteiger partial charge in [0.2, 0.25) is 0 Å². The predicted octanol–water partition coefficient (Wildman–Crippen LogP) is 0.0271. The molecule has 4 heteroatoms. The summed E-state index contributed by atoms with van der Waals surface area (Å²) in [4.78, 5) is 10.8. The second kappa shape index (κ2) is 2.67. The van der Waals surface area contributed by atoms with Crippen LogP contribution in [0.25, 0.3) is 0 Å². The summed E-state index contributed by atoms with van der Waals surface area (Å²) in [6.07, 6.45) is 6.59. The van der Waals surface area contributed by atoms with Crippen molar-refractivity contribution in [2.75, 3.05) is 18.0 Å². The van der Waals surface area contributed by atoms with Crippen molar-refractivity contribution in [2.45, 2.75) is 18.5 Å². The number of hydrogen-bond acceptors (Lipinski definition) is 4. The highest BCUT2D eigenvalue weighted by atomic mass is 15.3. The van der Waals surface area contributed by atoms with Gasteiger partial charge in [0, 0.05) is 37.6 Å². The summed E-state index contributed by atoms with van der Waals surface area (Å²) >= 11 is 0. The van der Waals surface area contributed by atoms with Crippen molar-refractivity contribution in [3.05, 3.63) is 18.6 Å².